The number of ether oxygens (including phenoxy) is 1. The monoisotopic (exact) mass is 266 g/mol. The van der Waals surface area contributed by atoms with E-state index >= 15 is 0 Å². The Balaban J connectivity index is 1.80. The minimum absolute atomic E-state index is 0.221. The first-order valence-corrected chi connectivity index (χ1v) is 6.53. The Hall–Kier alpha value is -0.340. The molecule has 1 aliphatic heterocycles. The zero-order valence-corrected chi connectivity index (χ0v) is 10.3. The van der Waals surface area contributed by atoms with E-state index in [1.165, 1.54) is 37.7 Å². The van der Waals surface area contributed by atoms with Crippen LogP contribution in [0.4, 0.5) is 0 Å². The fourth-order valence-corrected chi connectivity index (χ4v) is 3.19. The Labute approximate surface area is 99.0 Å². The maximum absolute atomic E-state index is 5.97. The van der Waals surface area contributed by atoms with Crippen molar-refractivity contribution in [3.05, 3.63) is 34.3 Å². The van der Waals surface area contributed by atoms with E-state index in [4.69, 9.17) is 4.74 Å². The lowest BCUT2D eigenvalue weighted by molar-refractivity contribution is 0.233. The summed E-state index contributed by atoms with van der Waals surface area (Å²) in [7, 11) is 0. The van der Waals surface area contributed by atoms with Crippen molar-refractivity contribution in [2.24, 2.45) is 0 Å². The van der Waals surface area contributed by atoms with Gasteiger partial charge in [0.25, 0.3) is 0 Å². The summed E-state index contributed by atoms with van der Waals surface area (Å²) < 4.78 is 7.12. The van der Waals surface area contributed by atoms with Crippen LogP contribution in [0.3, 0.4) is 0 Å². The molecule has 0 N–H and O–H groups in total. The molecule has 3 rings (SSSR count). The summed E-state index contributed by atoms with van der Waals surface area (Å²) in [4.78, 5) is 0. The summed E-state index contributed by atoms with van der Waals surface area (Å²) in [6.45, 7) is 0. The molecule has 15 heavy (non-hydrogen) atoms. The van der Waals surface area contributed by atoms with Crippen LogP contribution in [0.2, 0.25) is 0 Å². The lowest BCUT2D eigenvalue weighted by Crippen LogP contribution is -2.16. The largest absolute Gasteiger partial charge is 0.361 e. The van der Waals surface area contributed by atoms with Crippen molar-refractivity contribution in [1.29, 1.82) is 0 Å². The van der Waals surface area contributed by atoms with Gasteiger partial charge in [0.05, 0.1) is 5.60 Å². The van der Waals surface area contributed by atoms with Gasteiger partial charge in [-0.3, -0.25) is 0 Å². The number of epoxide rings is 1. The van der Waals surface area contributed by atoms with E-state index in [9.17, 15) is 0 Å². The van der Waals surface area contributed by atoms with Crippen LogP contribution in [0.1, 0.15) is 43.8 Å². The Morgan fingerprint density at radius 3 is 2.73 bits per heavy atom. The van der Waals surface area contributed by atoms with Gasteiger partial charge in [0.15, 0.2) is 0 Å². The average Bonchev–Trinajstić information content (AvgIpc) is 2.93. The molecule has 1 aromatic rings. The van der Waals surface area contributed by atoms with Crippen LogP contribution in [0.15, 0.2) is 28.7 Å². The van der Waals surface area contributed by atoms with Gasteiger partial charge in [0.1, 0.15) is 6.10 Å². The molecule has 1 heterocycles. The molecule has 1 spiro atoms. The Morgan fingerprint density at radius 1 is 1.20 bits per heavy atom. The molecule has 2 aliphatic rings. The zero-order valence-electron chi connectivity index (χ0n) is 8.71. The number of hydrogen-bond donors (Lipinski definition) is 0. The first-order valence-electron chi connectivity index (χ1n) is 5.73. The van der Waals surface area contributed by atoms with Crippen LogP contribution in [0.25, 0.3) is 0 Å². The summed E-state index contributed by atoms with van der Waals surface area (Å²) in [6, 6.07) is 8.53. The van der Waals surface area contributed by atoms with E-state index in [0.29, 0.717) is 6.10 Å². The van der Waals surface area contributed by atoms with Gasteiger partial charge in [-0.2, -0.15) is 0 Å². The molecule has 1 unspecified atom stereocenters. The van der Waals surface area contributed by atoms with Crippen LogP contribution in [0.5, 0.6) is 0 Å². The topological polar surface area (TPSA) is 12.5 Å². The quantitative estimate of drug-likeness (QED) is 0.694. The highest BCUT2D eigenvalue weighted by Crippen LogP contribution is 2.57. The number of rotatable bonds is 1. The van der Waals surface area contributed by atoms with E-state index in [1.54, 1.807) is 0 Å². The normalized spacial score (nSPS) is 27.9. The third-order valence-electron chi connectivity index (χ3n) is 3.62. The molecule has 2 fully saturated rings. The highest BCUT2D eigenvalue weighted by molar-refractivity contribution is 9.10. The molecule has 1 nitrogen and oxygen atoms in total. The van der Waals surface area contributed by atoms with Crippen molar-refractivity contribution < 1.29 is 4.74 Å². The first-order chi connectivity index (χ1) is 7.30. The summed E-state index contributed by atoms with van der Waals surface area (Å²) in [6.07, 6.45) is 6.94. The lowest BCUT2D eigenvalue weighted by Gasteiger charge is -2.18. The van der Waals surface area contributed by atoms with Crippen molar-refractivity contribution in [2.75, 3.05) is 0 Å². The minimum Gasteiger partial charge on any atom is -0.361 e. The van der Waals surface area contributed by atoms with Crippen LogP contribution in [-0.4, -0.2) is 5.60 Å². The first kappa shape index (κ1) is 9.86. The van der Waals surface area contributed by atoms with Crippen LogP contribution in [-0.2, 0) is 4.74 Å². The second kappa shape index (κ2) is 3.60. The molecule has 0 aromatic heterocycles. The smallest absolute Gasteiger partial charge is 0.112 e. The SMILES string of the molecule is Brc1cccc(C2OC23CCCCC3)c1. The highest BCUT2D eigenvalue weighted by Gasteiger charge is 2.56. The standard InChI is InChI=1S/C13H15BrO/c14-11-6-4-5-10(9-11)12-13(15-12)7-2-1-3-8-13/h4-6,9,12H,1-3,7-8H2. The van der Waals surface area contributed by atoms with Crippen molar-refractivity contribution in [3.63, 3.8) is 0 Å². The van der Waals surface area contributed by atoms with Gasteiger partial charge < -0.3 is 4.74 Å². The lowest BCUT2D eigenvalue weighted by atomic mass is 9.84. The Kier molecular flexibility index (Phi) is 2.37. The summed E-state index contributed by atoms with van der Waals surface area (Å²) in [5.41, 5.74) is 1.56. The fraction of sp³-hybridized carbons (Fsp3) is 0.538. The second-order valence-corrected chi connectivity index (χ2v) is 5.59. The van der Waals surface area contributed by atoms with Gasteiger partial charge in [-0.25, -0.2) is 0 Å². The fourth-order valence-electron chi connectivity index (χ4n) is 2.77. The Morgan fingerprint density at radius 2 is 2.00 bits per heavy atom. The third kappa shape index (κ3) is 1.74. The second-order valence-electron chi connectivity index (χ2n) is 4.68. The summed E-state index contributed by atoms with van der Waals surface area (Å²) >= 11 is 3.52. The maximum Gasteiger partial charge on any atom is 0.112 e. The van der Waals surface area contributed by atoms with Crippen LogP contribution in [0, 0.1) is 0 Å². The predicted octanol–water partition coefficient (Wildman–Crippen LogP) is 4.22. The number of halogens is 1. The molecule has 2 heteroatoms. The third-order valence-corrected chi connectivity index (χ3v) is 4.12. The highest BCUT2D eigenvalue weighted by atomic mass is 79.9. The van der Waals surface area contributed by atoms with E-state index in [1.807, 2.05) is 0 Å². The van der Waals surface area contributed by atoms with Crippen LogP contribution >= 0.6 is 15.9 Å². The maximum atomic E-state index is 5.97. The molecule has 1 aliphatic carbocycles. The molecule has 1 saturated carbocycles. The van der Waals surface area contributed by atoms with E-state index in [2.05, 4.69) is 40.2 Å². The molecule has 1 atom stereocenters. The van der Waals surface area contributed by atoms with E-state index in [-0.39, 0.29) is 5.60 Å². The molecule has 1 saturated heterocycles. The molecule has 0 bridgehead atoms. The average molecular weight is 267 g/mol. The van der Waals surface area contributed by atoms with Gasteiger partial charge in [-0.05, 0) is 30.5 Å². The number of hydrogen-bond acceptors (Lipinski definition) is 1. The molecule has 0 radical (unpaired) electrons. The molecular weight excluding hydrogens is 252 g/mol. The molecule has 0 amide bonds. The van der Waals surface area contributed by atoms with Gasteiger partial charge >= 0.3 is 0 Å². The van der Waals surface area contributed by atoms with Crippen molar-refractivity contribution >= 4 is 15.9 Å². The van der Waals surface area contributed by atoms with Gasteiger partial charge in [0, 0.05) is 4.47 Å². The Bertz CT molecular complexity index is 369. The van der Waals surface area contributed by atoms with Crippen molar-refractivity contribution in [1.82, 2.24) is 0 Å². The molecular formula is C13H15BrO. The van der Waals surface area contributed by atoms with Crippen LogP contribution < -0.4 is 0 Å². The minimum atomic E-state index is 0.221. The number of benzene rings is 1. The van der Waals surface area contributed by atoms with Crippen molar-refractivity contribution in [2.45, 2.75) is 43.8 Å². The summed E-state index contributed by atoms with van der Waals surface area (Å²) in [5, 5.41) is 0. The predicted molar refractivity (Wildman–Crippen MR) is 63.8 cm³/mol. The van der Waals surface area contributed by atoms with E-state index in [0.717, 1.165) is 4.47 Å². The summed E-state index contributed by atoms with van der Waals surface area (Å²) in [5.74, 6) is 0. The molecule has 80 valence electrons. The van der Waals surface area contributed by atoms with E-state index < -0.39 is 0 Å². The van der Waals surface area contributed by atoms with Gasteiger partial charge in [-0.1, -0.05) is 47.3 Å². The zero-order chi connectivity index (χ0) is 10.3. The van der Waals surface area contributed by atoms with Gasteiger partial charge in [0.2, 0.25) is 0 Å². The van der Waals surface area contributed by atoms with Crippen molar-refractivity contribution in [3.8, 4) is 0 Å². The van der Waals surface area contributed by atoms with Gasteiger partial charge in [-0.15, -0.1) is 0 Å². The molecule has 1 aromatic carbocycles.